The molecule has 2 aromatic rings. The first-order chi connectivity index (χ1) is 14.3. The maximum Gasteiger partial charge on any atom is 0.246 e. The van der Waals surface area contributed by atoms with Crippen molar-refractivity contribution in [3.63, 3.8) is 0 Å². The van der Waals surface area contributed by atoms with Crippen LogP contribution >= 0.6 is 11.8 Å². The van der Waals surface area contributed by atoms with Gasteiger partial charge in [0.05, 0.1) is 11.9 Å². The number of benzene rings is 2. The average molecular weight is 449 g/mol. The number of carbonyl (C=O) groups is 1. The third kappa shape index (κ3) is 5.36. The van der Waals surface area contributed by atoms with Crippen molar-refractivity contribution in [2.24, 2.45) is 0 Å². The van der Waals surface area contributed by atoms with E-state index in [9.17, 15) is 13.2 Å². The summed E-state index contributed by atoms with van der Waals surface area (Å²) in [6.45, 7) is 7.04. The van der Waals surface area contributed by atoms with E-state index in [1.807, 2.05) is 45.0 Å². The second-order valence-corrected chi connectivity index (χ2v) is 10.6. The molecule has 0 bridgehead atoms. The first-order valence-corrected chi connectivity index (χ1v) is 12.4. The molecule has 1 atom stereocenters. The summed E-state index contributed by atoms with van der Waals surface area (Å²) in [4.78, 5) is 13.8. The van der Waals surface area contributed by atoms with Gasteiger partial charge in [-0.25, -0.2) is 8.42 Å². The van der Waals surface area contributed by atoms with E-state index in [0.717, 1.165) is 23.3 Å². The predicted molar refractivity (Wildman–Crippen MR) is 121 cm³/mol. The quantitative estimate of drug-likeness (QED) is 0.610. The summed E-state index contributed by atoms with van der Waals surface area (Å²) in [5.41, 5.74) is 1.61. The lowest BCUT2D eigenvalue weighted by Gasteiger charge is -2.19. The first kappa shape index (κ1) is 22.7. The molecule has 1 saturated heterocycles. The second-order valence-electron chi connectivity index (χ2n) is 7.27. The van der Waals surface area contributed by atoms with Gasteiger partial charge in [0.2, 0.25) is 15.9 Å². The monoisotopic (exact) mass is 448 g/mol. The van der Waals surface area contributed by atoms with E-state index < -0.39 is 10.0 Å². The van der Waals surface area contributed by atoms with Gasteiger partial charge in [0.15, 0.2) is 0 Å². The van der Waals surface area contributed by atoms with Crippen LogP contribution in [0.3, 0.4) is 0 Å². The number of carbonyl (C=O) groups excluding carboxylic acids is 1. The number of aryl methyl sites for hydroxylation is 1. The van der Waals surface area contributed by atoms with Crippen LogP contribution in [0.1, 0.15) is 32.3 Å². The first-order valence-electron chi connectivity index (χ1n) is 10.1. The summed E-state index contributed by atoms with van der Waals surface area (Å²) in [6.07, 6.45) is 1.71. The smallest absolute Gasteiger partial charge is 0.246 e. The van der Waals surface area contributed by atoms with Gasteiger partial charge in [-0.05, 0) is 63.9 Å². The van der Waals surface area contributed by atoms with Crippen LogP contribution in [0, 0.1) is 6.92 Å². The van der Waals surface area contributed by atoms with Gasteiger partial charge < -0.3 is 10.1 Å². The highest BCUT2D eigenvalue weighted by Gasteiger charge is 2.30. The summed E-state index contributed by atoms with van der Waals surface area (Å²) in [5.74, 6) is 0.124. The van der Waals surface area contributed by atoms with Gasteiger partial charge in [-0.15, -0.1) is 11.8 Å². The fourth-order valence-corrected chi connectivity index (χ4v) is 5.79. The van der Waals surface area contributed by atoms with Crippen LogP contribution in [0.4, 0.5) is 5.69 Å². The molecule has 0 saturated carbocycles. The lowest BCUT2D eigenvalue weighted by molar-refractivity contribution is -0.115. The standard InChI is InChI=1S/C22H28N2O4S2/c1-4-28-20-12-9-18(15-21(20)30(26,27)24-13-5-6-14-24)23-22(25)17(3)29-19-10-7-16(2)8-11-19/h7-12,15,17H,4-6,13-14H2,1-3H3,(H,23,25). The minimum Gasteiger partial charge on any atom is -0.492 e. The largest absolute Gasteiger partial charge is 0.492 e. The van der Waals surface area contributed by atoms with Crippen molar-refractivity contribution in [2.45, 2.75) is 48.7 Å². The van der Waals surface area contributed by atoms with Gasteiger partial charge >= 0.3 is 0 Å². The van der Waals surface area contributed by atoms with Gasteiger partial charge in [-0.1, -0.05) is 17.7 Å². The number of nitrogens with zero attached hydrogens (tertiary/aromatic N) is 1. The molecule has 8 heteroatoms. The van der Waals surface area contributed by atoms with Gasteiger partial charge in [0.25, 0.3) is 0 Å². The molecule has 1 aliphatic heterocycles. The molecule has 3 rings (SSSR count). The predicted octanol–water partition coefficient (Wildman–Crippen LogP) is 4.30. The molecule has 1 fully saturated rings. The summed E-state index contributed by atoms with van der Waals surface area (Å²) >= 11 is 1.46. The number of nitrogens with one attached hydrogen (secondary N) is 1. The lowest BCUT2D eigenvalue weighted by Crippen LogP contribution is -2.28. The molecule has 1 N–H and O–H groups in total. The summed E-state index contributed by atoms with van der Waals surface area (Å²) in [5, 5.41) is 2.51. The number of anilines is 1. The summed E-state index contributed by atoms with van der Waals surface area (Å²) < 4.78 is 33.2. The fraction of sp³-hybridized carbons (Fsp3) is 0.409. The van der Waals surface area contributed by atoms with Gasteiger partial charge in [0, 0.05) is 23.7 Å². The van der Waals surface area contributed by atoms with Crippen LogP contribution in [-0.4, -0.2) is 43.6 Å². The molecule has 162 valence electrons. The maximum atomic E-state index is 13.1. The topological polar surface area (TPSA) is 75.7 Å². The van der Waals surface area contributed by atoms with Crippen molar-refractivity contribution in [1.82, 2.24) is 4.31 Å². The molecule has 0 aliphatic carbocycles. The van der Waals surface area contributed by atoms with Crippen LogP contribution in [0.2, 0.25) is 0 Å². The van der Waals surface area contributed by atoms with E-state index in [2.05, 4.69) is 5.32 Å². The molecule has 30 heavy (non-hydrogen) atoms. The third-order valence-electron chi connectivity index (χ3n) is 4.90. The van der Waals surface area contributed by atoms with Crippen molar-refractivity contribution in [3.8, 4) is 5.75 Å². The zero-order valence-corrected chi connectivity index (χ0v) is 19.2. The van der Waals surface area contributed by atoms with Crippen molar-refractivity contribution in [1.29, 1.82) is 0 Å². The van der Waals surface area contributed by atoms with Gasteiger partial charge in [-0.3, -0.25) is 4.79 Å². The molecular formula is C22H28N2O4S2. The highest BCUT2D eigenvalue weighted by Crippen LogP contribution is 2.32. The molecular weight excluding hydrogens is 420 g/mol. The Morgan fingerprint density at radius 1 is 1.17 bits per heavy atom. The SMILES string of the molecule is CCOc1ccc(NC(=O)C(C)Sc2ccc(C)cc2)cc1S(=O)(=O)N1CCCC1. The zero-order valence-electron chi connectivity index (χ0n) is 17.6. The number of thioether (sulfide) groups is 1. The van der Waals surface area contributed by atoms with E-state index in [4.69, 9.17) is 4.74 Å². The minimum atomic E-state index is -3.67. The van der Waals surface area contributed by atoms with E-state index in [0.29, 0.717) is 31.1 Å². The van der Waals surface area contributed by atoms with Gasteiger partial charge in [-0.2, -0.15) is 4.31 Å². The van der Waals surface area contributed by atoms with Crippen LogP contribution in [-0.2, 0) is 14.8 Å². The molecule has 0 radical (unpaired) electrons. The normalized spacial score (nSPS) is 15.7. The number of sulfonamides is 1. The van der Waals surface area contributed by atoms with Crippen molar-refractivity contribution in [3.05, 3.63) is 48.0 Å². The Morgan fingerprint density at radius 3 is 2.47 bits per heavy atom. The van der Waals surface area contributed by atoms with E-state index in [-0.39, 0.29) is 16.1 Å². The second kappa shape index (κ2) is 9.85. The Hall–Kier alpha value is -2.03. The Morgan fingerprint density at radius 2 is 1.83 bits per heavy atom. The Labute approximate surface area is 183 Å². The average Bonchev–Trinajstić information content (AvgIpc) is 3.26. The minimum absolute atomic E-state index is 0.0999. The molecule has 2 aromatic carbocycles. The number of hydrogen-bond donors (Lipinski definition) is 1. The maximum absolute atomic E-state index is 13.1. The third-order valence-corrected chi connectivity index (χ3v) is 7.93. The highest BCUT2D eigenvalue weighted by molar-refractivity contribution is 8.00. The molecule has 0 spiro atoms. The number of ether oxygens (including phenoxy) is 1. The summed E-state index contributed by atoms with van der Waals surface area (Å²) in [6, 6.07) is 12.8. The van der Waals surface area contributed by atoms with Crippen LogP contribution in [0.5, 0.6) is 5.75 Å². The Kier molecular flexibility index (Phi) is 7.44. The number of hydrogen-bond acceptors (Lipinski definition) is 5. The fourth-order valence-electron chi connectivity index (χ4n) is 3.25. The lowest BCUT2D eigenvalue weighted by atomic mass is 10.2. The van der Waals surface area contributed by atoms with E-state index >= 15 is 0 Å². The Balaban J connectivity index is 1.78. The zero-order chi connectivity index (χ0) is 21.7. The Bertz CT molecular complexity index is 985. The summed E-state index contributed by atoms with van der Waals surface area (Å²) in [7, 11) is -3.67. The molecule has 6 nitrogen and oxygen atoms in total. The van der Waals surface area contributed by atoms with Gasteiger partial charge in [0.1, 0.15) is 10.6 Å². The van der Waals surface area contributed by atoms with Crippen LogP contribution in [0.15, 0.2) is 52.3 Å². The molecule has 0 aromatic heterocycles. The number of amides is 1. The molecule has 1 heterocycles. The molecule has 1 aliphatic rings. The van der Waals surface area contributed by atoms with Crippen molar-refractivity contribution in [2.75, 3.05) is 25.0 Å². The van der Waals surface area contributed by atoms with E-state index in [1.54, 1.807) is 12.1 Å². The van der Waals surface area contributed by atoms with Crippen molar-refractivity contribution >= 4 is 33.4 Å². The molecule has 1 amide bonds. The molecule has 1 unspecified atom stereocenters. The number of rotatable bonds is 8. The van der Waals surface area contributed by atoms with Crippen LogP contribution in [0.25, 0.3) is 0 Å². The van der Waals surface area contributed by atoms with E-state index in [1.165, 1.54) is 22.1 Å². The van der Waals surface area contributed by atoms with Crippen LogP contribution < -0.4 is 10.1 Å². The highest BCUT2D eigenvalue weighted by atomic mass is 32.2. The van der Waals surface area contributed by atoms with Crippen molar-refractivity contribution < 1.29 is 17.9 Å².